The van der Waals surface area contributed by atoms with Gasteiger partial charge in [-0.25, -0.2) is 0 Å². The van der Waals surface area contributed by atoms with E-state index in [2.05, 4.69) is 12.2 Å². The summed E-state index contributed by atoms with van der Waals surface area (Å²) in [5.74, 6) is 0.851. The smallest absolute Gasteiger partial charge is 0.242 e. The first kappa shape index (κ1) is 15.0. The normalized spacial score (nSPS) is 24.4. The molecule has 1 amide bonds. The minimum atomic E-state index is -0.201. The summed E-state index contributed by atoms with van der Waals surface area (Å²) in [7, 11) is 3.92. The number of hydrogen-bond acceptors (Lipinski definition) is 2. The zero-order valence-electron chi connectivity index (χ0n) is 12.8. The van der Waals surface area contributed by atoms with Gasteiger partial charge in [-0.3, -0.25) is 9.69 Å². The molecule has 1 aliphatic rings. The fourth-order valence-corrected chi connectivity index (χ4v) is 3.16. The zero-order valence-corrected chi connectivity index (χ0v) is 12.8. The van der Waals surface area contributed by atoms with Gasteiger partial charge < -0.3 is 5.32 Å². The Balaban J connectivity index is 2.04. The molecule has 0 bridgehead atoms. The number of amides is 1. The van der Waals surface area contributed by atoms with E-state index >= 15 is 0 Å². The lowest BCUT2D eigenvalue weighted by molar-refractivity contribution is -0.126. The van der Waals surface area contributed by atoms with Crippen molar-refractivity contribution in [2.45, 2.75) is 44.7 Å². The van der Waals surface area contributed by atoms with Crippen LogP contribution < -0.4 is 5.32 Å². The van der Waals surface area contributed by atoms with Crippen LogP contribution in [0.25, 0.3) is 0 Å². The maximum atomic E-state index is 12.6. The molecular weight excluding hydrogens is 248 g/mol. The van der Waals surface area contributed by atoms with E-state index in [-0.39, 0.29) is 11.9 Å². The van der Waals surface area contributed by atoms with Gasteiger partial charge in [0.15, 0.2) is 0 Å². The summed E-state index contributed by atoms with van der Waals surface area (Å²) in [5.41, 5.74) is 1.05. The maximum absolute atomic E-state index is 12.6. The third kappa shape index (κ3) is 3.83. The maximum Gasteiger partial charge on any atom is 0.242 e. The van der Waals surface area contributed by atoms with Crippen molar-refractivity contribution >= 4 is 5.91 Å². The van der Waals surface area contributed by atoms with Crippen LogP contribution in [0.4, 0.5) is 0 Å². The largest absolute Gasteiger partial charge is 0.352 e. The molecule has 1 N–H and O–H groups in total. The minimum absolute atomic E-state index is 0.125. The SMILES string of the molecule is C[C@@H]1CCC[C@H](NC(=O)[C@@H](c2ccccc2)N(C)C)C1. The highest BCUT2D eigenvalue weighted by atomic mass is 16.2. The van der Waals surface area contributed by atoms with Gasteiger partial charge in [0.25, 0.3) is 0 Å². The van der Waals surface area contributed by atoms with E-state index in [0.717, 1.165) is 24.3 Å². The quantitative estimate of drug-likeness (QED) is 0.915. The molecule has 0 saturated heterocycles. The van der Waals surface area contributed by atoms with E-state index in [1.54, 1.807) is 0 Å². The third-order valence-corrected chi connectivity index (χ3v) is 4.16. The van der Waals surface area contributed by atoms with Crippen LogP contribution in [0.3, 0.4) is 0 Å². The van der Waals surface area contributed by atoms with E-state index < -0.39 is 0 Å². The molecule has 0 aliphatic heterocycles. The summed E-state index contributed by atoms with van der Waals surface area (Å²) < 4.78 is 0. The molecule has 1 aromatic rings. The van der Waals surface area contributed by atoms with E-state index in [9.17, 15) is 4.79 Å². The summed E-state index contributed by atoms with van der Waals surface area (Å²) in [6.45, 7) is 2.28. The predicted molar refractivity (Wildman–Crippen MR) is 82.4 cm³/mol. The van der Waals surface area contributed by atoms with Crippen LogP contribution >= 0.6 is 0 Å². The summed E-state index contributed by atoms with van der Waals surface area (Å²) in [6.07, 6.45) is 4.75. The second kappa shape index (κ2) is 6.89. The molecule has 0 heterocycles. The van der Waals surface area contributed by atoms with Gasteiger partial charge in [0.2, 0.25) is 5.91 Å². The molecule has 0 spiro atoms. The van der Waals surface area contributed by atoms with Crippen molar-refractivity contribution in [3.63, 3.8) is 0 Å². The first-order valence-electron chi connectivity index (χ1n) is 7.59. The van der Waals surface area contributed by atoms with Gasteiger partial charge in [-0.15, -0.1) is 0 Å². The summed E-state index contributed by atoms with van der Waals surface area (Å²) in [5, 5.41) is 3.25. The summed E-state index contributed by atoms with van der Waals surface area (Å²) in [6, 6.07) is 10.1. The number of likely N-dealkylation sites (N-methyl/N-ethyl adjacent to an activating group) is 1. The van der Waals surface area contributed by atoms with Crippen LogP contribution in [-0.2, 0) is 4.79 Å². The number of nitrogens with zero attached hydrogens (tertiary/aromatic N) is 1. The summed E-state index contributed by atoms with van der Waals surface area (Å²) >= 11 is 0. The number of benzene rings is 1. The molecule has 2 rings (SSSR count). The van der Waals surface area contributed by atoms with Gasteiger partial charge in [0, 0.05) is 6.04 Å². The lowest BCUT2D eigenvalue weighted by Gasteiger charge is -2.31. The molecule has 20 heavy (non-hydrogen) atoms. The molecule has 110 valence electrons. The Kier molecular flexibility index (Phi) is 5.18. The van der Waals surface area contributed by atoms with Crippen molar-refractivity contribution in [2.24, 2.45) is 5.92 Å². The first-order chi connectivity index (χ1) is 9.58. The van der Waals surface area contributed by atoms with Gasteiger partial charge in [-0.05, 0) is 38.4 Å². The Labute approximate surface area is 122 Å². The molecule has 0 radical (unpaired) electrons. The first-order valence-corrected chi connectivity index (χ1v) is 7.59. The molecule has 1 fully saturated rings. The van der Waals surface area contributed by atoms with Crippen molar-refractivity contribution in [2.75, 3.05) is 14.1 Å². The van der Waals surface area contributed by atoms with Crippen LogP contribution in [0.15, 0.2) is 30.3 Å². The van der Waals surface area contributed by atoms with Gasteiger partial charge in [-0.2, -0.15) is 0 Å². The van der Waals surface area contributed by atoms with Crippen molar-refractivity contribution in [3.8, 4) is 0 Å². The van der Waals surface area contributed by atoms with Crippen molar-refractivity contribution in [3.05, 3.63) is 35.9 Å². The van der Waals surface area contributed by atoms with E-state index in [1.165, 1.54) is 12.8 Å². The second-order valence-corrected chi connectivity index (χ2v) is 6.25. The van der Waals surface area contributed by atoms with Crippen LogP contribution in [-0.4, -0.2) is 30.9 Å². The Morgan fingerprint density at radius 2 is 1.95 bits per heavy atom. The number of carbonyl (C=O) groups is 1. The Morgan fingerprint density at radius 3 is 2.55 bits per heavy atom. The average Bonchev–Trinajstić information content (AvgIpc) is 2.39. The Hall–Kier alpha value is -1.35. The minimum Gasteiger partial charge on any atom is -0.352 e. The highest BCUT2D eigenvalue weighted by molar-refractivity contribution is 5.83. The molecule has 3 atom stereocenters. The molecule has 1 aliphatic carbocycles. The number of rotatable bonds is 4. The highest BCUT2D eigenvalue weighted by Gasteiger charge is 2.26. The molecule has 3 nitrogen and oxygen atoms in total. The molecule has 0 unspecified atom stereocenters. The van der Waals surface area contributed by atoms with Crippen LogP contribution in [0.1, 0.15) is 44.2 Å². The molecule has 1 saturated carbocycles. The topological polar surface area (TPSA) is 32.3 Å². The standard InChI is InChI=1S/C17H26N2O/c1-13-8-7-11-15(12-13)18-17(20)16(19(2)3)14-9-5-4-6-10-14/h4-6,9-10,13,15-16H,7-8,11-12H2,1-3H3,(H,18,20)/t13-,15+,16-/m1/s1. The van der Waals surface area contributed by atoms with Crippen LogP contribution in [0, 0.1) is 5.92 Å². The third-order valence-electron chi connectivity index (χ3n) is 4.16. The molecule has 0 aromatic heterocycles. The average molecular weight is 274 g/mol. The fourth-order valence-electron chi connectivity index (χ4n) is 3.16. The Bertz CT molecular complexity index is 430. The number of hydrogen-bond donors (Lipinski definition) is 1. The lowest BCUT2D eigenvalue weighted by atomic mass is 9.87. The molecule has 1 aromatic carbocycles. The second-order valence-electron chi connectivity index (χ2n) is 6.25. The van der Waals surface area contributed by atoms with Gasteiger partial charge in [-0.1, -0.05) is 50.1 Å². The summed E-state index contributed by atoms with van der Waals surface area (Å²) in [4.78, 5) is 14.6. The van der Waals surface area contributed by atoms with E-state index in [1.807, 2.05) is 49.3 Å². The van der Waals surface area contributed by atoms with Gasteiger partial charge >= 0.3 is 0 Å². The number of carbonyl (C=O) groups excluding carboxylic acids is 1. The predicted octanol–water partition coefficient (Wildman–Crippen LogP) is 2.98. The fraction of sp³-hybridized carbons (Fsp3) is 0.588. The lowest BCUT2D eigenvalue weighted by Crippen LogP contribution is -2.44. The van der Waals surface area contributed by atoms with Crippen molar-refractivity contribution < 1.29 is 4.79 Å². The van der Waals surface area contributed by atoms with Crippen LogP contribution in [0.5, 0.6) is 0 Å². The molecular formula is C17H26N2O. The van der Waals surface area contributed by atoms with Crippen LogP contribution in [0.2, 0.25) is 0 Å². The van der Waals surface area contributed by atoms with Crippen molar-refractivity contribution in [1.29, 1.82) is 0 Å². The zero-order chi connectivity index (χ0) is 14.5. The van der Waals surface area contributed by atoms with Gasteiger partial charge in [0.05, 0.1) is 0 Å². The van der Waals surface area contributed by atoms with E-state index in [4.69, 9.17) is 0 Å². The van der Waals surface area contributed by atoms with Gasteiger partial charge in [0.1, 0.15) is 6.04 Å². The molecule has 3 heteroatoms. The van der Waals surface area contributed by atoms with E-state index in [0.29, 0.717) is 6.04 Å². The number of nitrogens with one attached hydrogen (secondary N) is 1. The monoisotopic (exact) mass is 274 g/mol. The highest BCUT2D eigenvalue weighted by Crippen LogP contribution is 2.25. The Morgan fingerprint density at radius 1 is 1.25 bits per heavy atom. The van der Waals surface area contributed by atoms with Crippen molar-refractivity contribution in [1.82, 2.24) is 10.2 Å².